The fourth-order valence-corrected chi connectivity index (χ4v) is 1.45. The minimum atomic E-state index is -0.977. The average molecular weight is 246 g/mol. The van der Waals surface area contributed by atoms with Crippen LogP contribution in [-0.4, -0.2) is 28.9 Å². The molecule has 1 aromatic carbocycles. The predicted octanol–water partition coefficient (Wildman–Crippen LogP) is 1.38. The van der Waals surface area contributed by atoms with Gasteiger partial charge in [-0.05, 0) is 17.7 Å². The summed E-state index contributed by atoms with van der Waals surface area (Å²) in [6.45, 7) is 0.407. The number of amides is 1. The van der Waals surface area contributed by atoms with Crippen molar-refractivity contribution in [3.63, 3.8) is 0 Å². The van der Waals surface area contributed by atoms with E-state index >= 15 is 0 Å². The quantitative estimate of drug-likeness (QED) is 0.851. The number of nitrogens with zero attached hydrogens (tertiary/aromatic N) is 2. The van der Waals surface area contributed by atoms with Gasteiger partial charge in [0.05, 0.1) is 18.1 Å². The normalized spacial score (nSPS) is 9.56. The van der Waals surface area contributed by atoms with Crippen molar-refractivity contribution >= 4 is 11.9 Å². The van der Waals surface area contributed by atoms with Gasteiger partial charge in [0.2, 0.25) is 5.91 Å². The minimum absolute atomic E-state index is 0.00210. The highest BCUT2D eigenvalue weighted by Gasteiger charge is 2.11. The Bertz CT molecular complexity index is 474. The Morgan fingerprint density at radius 1 is 1.28 bits per heavy atom. The predicted molar refractivity (Wildman–Crippen MR) is 64.5 cm³/mol. The van der Waals surface area contributed by atoms with Gasteiger partial charge in [0.1, 0.15) is 0 Å². The van der Waals surface area contributed by atoms with Crippen molar-refractivity contribution in [2.24, 2.45) is 0 Å². The number of carboxylic acid groups (broad SMARTS) is 1. The van der Waals surface area contributed by atoms with Gasteiger partial charge < -0.3 is 10.0 Å². The van der Waals surface area contributed by atoms with Crippen molar-refractivity contribution in [1.29, 1.82) is 5.26 Å². The molecular weight excluding hydrogens is 232 g/mol. The Labute approximate surface area is 105 Å². The third kappa shape index (κ3) is 4.26. The van der Waals surface area contributed by atoms with Crippen molar-refractivity contribution < 1.29 is 14.7 Å². The van der Waals surface area contributed by atoms with Gasteiger partial charge in [-0.25, -0.2) is 0 Å². The molecule has 0 heterocycles. The molecule has 1 rings (SSSR count). The van der Waals surface area contributed by atoms with E-state index in [4.69, 9.17) is 10.4 Å². The number of rotatable bonds is 5. The molecule has 0 spiro atoms. The van der Waals surface area contributed by atoms with E-state index in [2.05, 4.69) is 0 Å². The first kappa shape index (κ1) is 13.7. The summed E-state index contributed by atoms with van der Waals surface area (Å²) in [5, 5.41) is 17.1. The van der Waals surface area contributed by atoms with E-state index in [1.165, 1.54) is 4.90 Å². The van der Waals surface area contributed by atoms with E-state index in [-0.39, 0.29) is 18.7 Å². The first-order valence-corrected chi connectivity index (χ1v) is 5.47. The molecule has 1 amide bonds. The first-order chi connectivity index (χ1) is 8.52. The van der Waals surface area contributed by atoms with Crippen LogP contribution in [0, 0.1) is 11.3 Å². The van der Waals surface area contributed by atoms with Gasteiger partial charge in [0, 0.05) is 20.0 Å². The molecule has 94 valence electrons. The Balaban J connectivity index is 2.53. The molecule has 0 aliphatic rings. The van der Waals surface area contributed by atoms with Crippen LogP contribution < -0.4 is 0 Å². The summed E-state index contributed by atoms with van der Waals surface area (Å²) in [6.07, 6.45) is -0.154. The molecule has 0 bridgehead atoms. The molecule has 1 N–H and O–H groups in total. The van der Waals surface area contributed by atoms with Gasteiger partial charge in [0.25, 0.3) is 0 Å². The van der Waals surface area contributed by atoms with Crippen molar-refractivity contribution in [3.8, 4) is 6.07 Å². The molecule has 0 saturated carbocycles. The van der Waals surface area contributed by atoms with Crippen molar-refractivity contribution in [1.82, 2.24) is 4.90 Å². The molecule has 0 radical (unpaired) electrons. The largest absolute Gasteiger partial charge is 0.481 e. The maximum Gasteiger partial charge on any atom is 0.303 e. The molecule has 0 unspecified atom stereocenters. The second-order valence-electron chi connectivity index (χ2n) is 3.95. The molecule has 0 saturated heterocycles. The Morgan fingerprint density at radius 3 is 2.39 bits per heavy atom. The van der Waals surface area contributed by atoms with Gasteiger partial charge in [-0.3, -0.25) is 9.59 Å². The second kappa shape index (κ2) is 6.40. The highest BCUT2D eigenvalue weighted by atomic mass is 16.4. The smallest absolute Gasteiger partial charge is 0.303 e. The van der Waals surface area contributed by atoms with Gasteiger partial charge >= 0.3 is 5.97 Å². The second-order valence-corrected chi connectivity index (χ2v) is 3.95. The summed E-state index contributed by atoms with van der Waals surface area (Å²) in [5.74, 6) is -1.18. The van der Waals surface area contributed by atoms with Crippen LogP contribution in [0.25, 0.3) is 0 Å². The average Bonchev–Trinajstić information content (AvgIpc) is 2.36. The number of nitriles is 1. The summed E-state index contributed by atoms with van der Waals surface area (Å²) >= 11 is 0. The minimum Gasteiger partial charge on any atom is -0.481 e. The highest BCUT2D eigenvalue weighted by molar-refractivity contribution is 5.80. The number of carboxylic acids is 1. The third-order valence-electron chi connectivity index (χ3n) is 2.48. The van der Waals surface area contributed by atoms with Crippen molar-refractivity contribution in [2.75, 3.05) is 7.05 Å². The summed E-state index contributed by atoms with van der Waals surface area (Å²) in [6, 6.07) is 8.94. The molecule has 0 fully saturated rings. The summed E-state index contributed by atoms with van der Waals surface area (Å²) in [7, 11) is 1.63. The van der Waals surface area contributed by atoms with Gasteiger partial charge in [-0.2, -0.15) is 5.26 Å². The molecule has 0 aromatic heterocycles. The number of hydrogen-bond donors (Lipinski definition) is 1. The third-order valence-corrected chi connectivity index (χ3v) is 2.48. The Kier molecular flexibility index (Phi) is 4.88. The Morgan fingerprint density at radius 2 is 1.89 bits per heavy atom. The van der Waals surface area contributed by atoms with Crippen LogP contribution in [0.2, 0.25) is 0 Å². The molecule has 5 nitrogen and oxygen atoms in total. The lowest BCUT2D eigenvalue weighted by atomic mass is 10.1. The number of benzene rings is 1. The zero-order valence-electron chi connectivity index (χ0n) is 10.1. The van der Waals surface area contributed by atoms with Gasteiger partial charge in [-0.1, -0.05) is 12.1 Å². The number of hydrogen-bond acceptors (Lipinski definition) is 3. The van der Waals surface area contributed by atoms with Crippen LogP contribution in [0.5, 0.6) is 0 Å². The molecular formula is C13H14N2O3. The van der Waals surface area contributed by atoms with Crippen molar-refractivity contribution in [2.45, 2.75) is 19.4 Å². The van der Waals surface area contributed by atoms with Gasteiger partial charge in [-0.15, -0.1) is 0 Å². The number of aliphatic carboxylic acids is 1. The molecule has 0 atom stereocenters. The topological polar surface area (TPSA) is 81.4 Å². The van der Waals surface area contributed by atoms with Gasteiger partial charge in [0.15, 0.2) is 0 Å². The van der Waals surface area contributed by atoms with E-state index in [1.807, 2.05) is 6.07 Å². The van der Waals surface area contributed by atoms with Crippen LogP contribution in [0.3, 0.4) is 0 Å². The fourth-order valence-electron chi connectivity index (χ4n) is 1.45. The number of carbonyl (C=O) groups excluding carboxylic acids is 1. The lowest BCUT2D eigenvalue weighted by Crippen LogP contribution is -2.26. The fraction of sp³-hybridized carbons (Fsp3) is 0.308. The zero-order chi connectivity index (χ0) is 13.5. The summed E-state index contributed by atoms with van der Waals surface area (Å²) < 4.78 is 0. The molecule has 5 heteroatoms. The van der Waals surface area contributed by atoms with E-state index in [0.717, 1.165) is 5.56 Å². The first-order valence-electron chi connectivity index (χ1n) is 5.47. The highest BCUT2D eigenvalue weighted by Crippen LogP contribution is 2.07. The van der Waals surface area contributed by atoms with Crippen LogP contribution in [0.15, 0.2) is 24.3 Å². The van der Waals surface area contributed by atoms with Crippen molar-refractivity contribution in [3.05, 3.63) is 35.4 Å². The van der Waals surface area contributed by atoms with E-state index in [1.54, 1.807) is 31.3 Å². The maximum absolute atomic E-state index is 11.6. The lowest BCUT2D eigenvalue weighted by Gasteiger charge is -2.16. The Hall–Kier alpha value is -2.35. The van der Waals surface area contributed by atoms with Crippen LogP contribution in [0.4, 0.5) is 0 Å². The van der Waals surface area contributed by atoms with E-state index < -0.39 is 5.97 Å². The van der Waals surface area contributed by atoms with Crippen LogP contribution in [-0.2, 0) is 16.1 Å². The molecule has 0 aliphatic heterocycles. The monoisotopic (exact) mass is 246 g/mol. The SMILES string of the molecule is CN(Cc1ccc(C#N)cc1)C(=O)CCC(=O)O. The zero-order valence-corrected chi connectivity index (χ0v) is 10.1. The lowest BCUT2D eigenvalue weighted by molar-refractivity contribution is -0.140. The van der Waals surface area contributed by atoms with E-state index in [0.29, 0.717) is 12.1 Å². The molecule has 18 heavy (non-hydrogen) atoms. The molecule has 0 aliphatic carbocycles. The van der Waals surface area contributed by atoms with Crippen LogP contribution in [0.1, 0.15) is 24.0 Å². The molecule has 1 aromatic rings. The summed E-state index contributed by atoms with van der Waals surface area (Å²) in [5.41, 5.74) is 1.47. The van der Waals surface area contributed by atoms with Crippen LogP contribution >= 0.6 is 0 Å². The standard InChI is InChI=1S/C13H14N2O3/c1-15(12(16)6-7-13(17)18)9-11-4-2-10(8-14)3-5-11/h2-5H,6-7,9H2,1H3,(H,17,18). The summed E-state index contributed by atoms with van der Waals surface area (Å²) in [4.78, 5) is 23.4. The maximum atomic E-state index is 11.6. The van der Waals surface area contributed by atoms with E-state index in [9.17, 15) is 9.59 Å². The number of carbonyl (C=O) groups is 2.